The van der Waals surface area contributed by atoms with Crippen molar-refractivity contribution >= 4 is 40.1 Å². The van der Waals surface area contributed by atoms with Gasteiger partial charge in [-0.25, -0.2) is 0 Å². The van der Waals surface area contributed by atoms with Crippen molar-refractivity contribution in [3.05, 3.63) is 35.8 Å². The van der Waals surface area contributed by atoms with E-state index in [-0.39, 0.29) is 11.5 Å². The van der Waals surface area contributed by atoms with E-state index in [0.29, 0.717) is 10.4 Å². The monoisotopic (exact) mass is 372 g/mol. The summed E-state index contributed by atoms with van der Waals surface area (Å²) in [6, 6.07) is 5.97. The molecule has 1 heterocycles. The molecule has 1 N–H and O–H groups in total. The number of carboxylic acids is 1. The molecule has 2 aromatic rings. The predicted octanol–water partition coefficient (Wildman–Crippen LogP) is 2.61. The van der Waals surface area contributed by atoms with E-state index in [2.05, 4.69) is 14.9 Å². The molecule has 1 aromatic heterocycles. The van der Waals surface area contributed by atoms with Crippen LogP contribution in [0.3, 0.4) is 0 Å². The summed E-state index contributed by atoms with van der Waals surface area (Å²) in [6.07, 6.45) is 0. The van der Waals surface area contributed by atoms with Crippen LogP contribution in [0.25, 0.3) is 10.4 Å². The number of carboxylic acid groups (broad SMARTS) is 1. The fourth-order valence-electron chi connectivity index (χ4n) is 1.50. The van der Waals surface area contributed by atoms with Crippen LogP contribution >= 0.6 is 11.3 Å². The van der Waals surface area contributed by atoms with Gasteiger partial charge in [0.25, 0.3) is 0 Å². The molecule has 0 aliphatic rings. The second kappa shape index (κ2) is 5.36. The van der Waals surface area contributed by atoms with Crippen molar-refractivity contribution in [1.29, 1.82) is 0 Å². The van der Waals surface area contributed by atoms with Gasteiger partial charge in [-0.2, -0.15) is 0 Å². The summed E-state index contributed by atoms with van der Waals surface area (Å²) in [7, 11) is 0. The van der Waals surface area contributed by atoms with Crippen molar-refractivity contribution in [2.24, 2.45) is 0 Å². The molecule has 0 aliphatic carbocycles. The SMILES string of the molecule is [CH3][Sn]([CH3])[c]1nc(C(=O)O)c(-c2cccc(F)c2)s1. The second-order valence-corrected chi connectivity index (χ2v) is 13.1. The van der Waals surface area contributed by atoms with Crippen LogP contribution in [0.5, 0.6) is 0 Å². The standard InChI is InChI=1S/C10H5FNO2S.2CH3.Sn/c11-7-3-1-2-6(4-7)9-8(10(13)14)12-5-15-9;;;/h1-4H,(H,13,14);2*1H3;. The van der Waals surface area contributed by atoms with Crippen LogP contribution in [-0.2, 0) is 0 Å². The van der Waals surface area contributed by atoms with Gasteiger partial charge in [0.15, 0.2) is 0 Å². The molecule has 0 amide bonds. The molecule has 0 spiro atoms. The van der Waals surface area contributed by atoms with E-state index in [4.69, 9.17) is 5.11 Å². The molecule has 1 radical (unpaired) electrons. The summed E-state index contributed by atoms with van der Waals surface area (Å²) in [5.41, 5.74) is 0.628. The zero-order chi connectivity index (χ0) is 13.3. The topological polar surface area (TPSA) is 50.2 Å². The number of nitrogens with zero attached hydrogens (tertiary/aromatic N) is 1. The first kappa shape index (κ1) is 13.5. The zero-order valence-corrected chi connectivity index (χ0v) is 13.6. The molecule has 0 unspecified atom stereocenters. The number of benzene rings is 1. The van der Waals surface area contributed by atoms with Crippen molar-refractivity contribution in [3.63, 3.8) is 0 Å². The van der Waals surface area contributed by atoms with E-state index in [0.717, 1.165) is 3.02 Å². The summed E-state index contributed by atoms with van der Waals surface area (Å²) in [6.45, 7) is 0. The van der Waals surface area contributed by atoms with E-state index >= 15 is 0 Å². The van der Waals surface area contributed by atoms with Gasteiger partial charge in [-0.1, -0.05) is 0 Å². The van der Waals surface area contributed by atoms with Crippen LogP contribution in [0.4, 0.5) is 4.39 Å². The molecule has 3 nitrogen and oxygen atoms in total. The van der Waals surface area contributed by atoms with Gasteiger partial charge in [-0.05, 0) is 0 Å². The Hall–Kier alpha value is -0.951. The first-order valence-electron chi connectivity index (χ1n) is 5.29. The number of aromatic carboxylic acids is 1. The Bertz CT molecular complexity index is 598. The summed E-state index contributed by atoms with van der Waals surface area (Å²) < 4.78 is 14.1. The van der Waals surface area contributed by atoms with Gasteiger partial charge in [0, 0.05) is 0 Å². The average Bonchev–Trinajstić information content (AvgIpc) is 2.73. The van der Waals surface area contributed by atoms with Gasteiger partial charge in [0.05, 0.1) is 0 Å². The Balaban J connectivity index is 2.58. The minimum atomic E-state index is -1.71. The van der Waals surface area contributed by atoms with Crippen molar-refractivity contribution in [2.75, 3.05) is 0 Å². The van der Waals surface area contributed by atoms with E-state index < -0.39 is 25.7 Å². The molecule has 0 saturated heterocycles. The second-order valence-electron chi connectivity index (χ2n) is 4.01. The van der Waals surface area contributed by atoms with Crippen molar-refractivity contribution in [3.8, 4) is 10.4 Å². The van der Waals surface area contributed by atoms with Crippen LogP contribution in [-0.4, -0.2) is 35.8 Å². The summed E-state index contributed by atoms with van der Waals surface area (Å²) in [5, 5.41) is 9.16. The van der Waals surface area contributed by atoms with Crippen LogP contribution < -0.4 is 3.02 Å². The molecule has 93 valence electrons. The zero-order valence-electron chi connectivity index (χ0n) is 9.90. The molecular formula is C12H11FNO2SSn. The van der Waals surface area contributed by atoms with Gasteiger partial charge in [0.2, 0.25) is 0 Å². The van der Waals surface area contributed by atoms with E-state index in [1.165, 1.54) is 23.5 Å². The molecular weight excluding hydrogens is 360 g/mol. The van der Waals surface area contributed by atoms with E-state index in [1.807, 2.05) is 0 Å². The Morgan fingerprint density at radius 3 is 2.72 bits per heavy atom. The van der Waals surface area contributed by atoms with Crippen LogP contribution in [0.2, 0.25) is 9.88 Å². The number of aromatic nitrogens is 1. The molecule has 2 rings (SSSR count). The molecule has 18 heavy (non-hydrogen) atoms. The third-order valence-electron chi connectivity index (χ3n) is 2.34. The number of thiazole rings is 1. The number of carbonyl (C=O) groups is 1. The third-order valence-corrected chi connectivity index (χ3v) is 9.64. The molecule has 0 aliphatic heterocycles. The summed E-state index contributed by atoms with van der Waals surface area (Å²) in [5.74, 6) is -1.42. The van der Waals surface area contributed by atoms with Crippen molar-refractivity contribution in [2.45, 2.75) is 9.88 Å². The molecule has 0 saturated carbocycles. The van der Waals surface area contributed by atoms with Crippen LogP contribution in [0, 0.1) is 5.82 Å². The maximum absolute atomic E-state index is 13.2. The van der Waals surface area contributed by atoms with E-state index in [1.54, 1.807) is 12.1 Å². The van der Waals surface area contributed by atoms with Crippen LogP contribution in [0.1, 0.15) is 10.5 Å². The molecule has 6 heteroatoms. The minimum absolute atomic E-state index is 0.0439. The Morgan fingerprint density at radius 1 is 1.44 bits per heavy atom. The molecule has 0 fully saturated rings. The van der Waals surface area contributed by atoms with Crippen molar-refractivity contribution in [1.82, 2.24) is 4.98 Å². The Kier molecular flexibility index (Phi) is 4.01. The maximum atomic E-state index is 13.2. The number of rotatable bonds is 3. The van der Waals surface area contributed by atoms with Crippen LogP contribution in [0.15, 0.2) is 24.3 Å². The normalized spacial score (nSPS) is 10.9. The fourth-order valence-corrected chi connectivity index (χ4v) is 6.09. The first-order chi connectivity index (χ1) is 8.49. The quantitative estimate of drug-likeness (QED) is 0.845. The summed E-state index contributed by atoms with van der Waals surface area (Å²) in [4.78, 5) is 20.2. The van der Waals surface area contributed by atoms with Crippen molar-refractivity contribution < 1.29 is 14.3 Å². The average molecular weight is 371 g/mol. The fraction of sp³-hybridized carbons (Fsp3) is 0.167. The third kappa shape index (κ3) is 2.72. The number of halogens is 1. The first-order valence-corrected chi connectivity index (χ1v) is 13.2. The summed E-state index contributed by atoms with van der Waals surface area (Å²) >= 11 is -0.322. The molecule has 0 bridgehead atoms. The molecule has 0 atom stereocenters. The number of hydrogen-bond acceptors (Lipinski definition) is 3. The number of hydrogen-bond donors (Lipinski definition) is 1. The van der Waals surface area contributed by atoms with Gasteiger partial charge < -0.3 is 0 Å². The van der Waals surface area contributed by atoms with Gasteiger partial charge in [0.1, 0.15) is 0 Å². The van der Waals surface area contributed by atoms with Gasteiger partial charge in [-0.15, -0.1) is 0 Å². The van der Waals surface area contributed by atoms with Gasteiger partial charge >= 0.3 is 115 Å². The predicted molar refractivity (Wildman–Crippen MR) is 71.6 cm³/mol. The molecule has 1 aromatic carbocycles. The van der Waals surface area contributed by atoms with E-state index in [9.17, 15) is 9.18 Å². The Labute approximate surface area is 115 Å². The Morgan fingerprint density at radius 2 is 2.17 bits per heavy atom. The van der Waals surface area contributed by atoms with Gasteiger partial charge in [-0.3, -0.25) is 0 Å².